The van der Waals surface area contributed by atoms with Gasteiger partial charge in [-0.2, -0.15) is 13.2 Å². The molecule has 0 radical (unpaired) electrons. The smallest absolute Gasteiger partial charge is 0.378 e. The molecule has 0 saturated carbocycles. The van der Waals surface area contributed by atoms with E-state index < -0.39 is 17.6 Å². The van der Waals surface area contributed by atoms with Crippen LogP contribution in [0.1, 0.15) is 5.56 Å². The number of anilines is 1. The van der Waals surface area contributed by atoms with E-state index in [4.69, 9.17) is 0 Å². The van der Waals surface area contributed by atoms with Gasteiger partial charge in [0.15, 0.2) is 0 Å². The van der Waals surface area contributed by atoms with Crippen molar-refractivity contribution in [3.8, 4) is 11.1 Å². The van der Waals surface area contributed by atoms with E-state index in [1.807, 2.05) is 0 Å². The van der Waals surface area contributed by atoms with Crippen molar-refractivity contribution in [1.82, 2.24) is 0 Å². The second-order valence-corrected chi connectivity index (χ2v) is 4.64. The summed E-state index contributed by atoms with van der Waals surface area (Å²) in [4.78, 5) is 1.64. The quantitative estimate of drug-likeness (QED) is 0.729. The number of alkyl halides is 3. The van der Waals surface area contributed by atoms with Gasteiger partial charge < -0.3 is 4.90 Å². The van der Waals surface area contributed by atoms with Gasteiger partial charge in [-0.05, 0) is 35.4 Å². The molecule has 0 atom stereocenters. The zero-order chi connectivity index (χ0) is 14.9. The third-order valence-electron chi connectivity index (χ3n) is 2.94. The molecule has 2 aromatic carbocycles. The number of halogens is 4. The van der Waals surface area contributed by atoms with E-state index in [2.05, 4.69) is 0 Å². The average molecular weight is 283 g/mol. The third kappa shape index (κ3) is 2.92. The lowest BCUT2D eigenvalue weighted by Gasteiger charge is -2.17. The van der Waals surface area contributed by atoms with E-state index in [0.29, 0.717) is 5.69 Å². The van der Waals surface area contributed by atoms with Gasteiger partial charge in [0, 0.05) is 19.8 Å². The first kappa shape index (κ1) is 14.4. The van der Waals surface area contributed by atoms with Crippen LogP contribution in [0.3, 0.4) is 0 Å². The zero-order valence-electron chi connectivity index (χ0n) is 11.0. The molecule has 0 amide bonds. The number of hydrogen-bond donors (Lipinski definition) is 0. The molecule has 2 rings (SSSR count). The molecule has 106 valence electrons. The van der Waals surface area contributed by atoms with Gasteiger partial charge in [0.25, 0.3) is 0 Å². The van der Waals surface area contributed by atoms with Crippen LogP contribution in [0.25, 0.3) is 11.1 Å². The molecule has 0 fully saturated rings. The zero-order valence-corrected chi connectivity index (χ0v) is 11.0. The van der Waals surface area contributed by atoms with Gasteiger partial charge in [-0.1, -0.05) is 18.2 Å². The Morgan fingerprint density at radius 1 is 0.950 bits per heavy atom. The fourth-order valence-electron chi connectivity index (χ4n) is 1.97. The van der Waals surface area contributed by atoms with Crippen LogP contribution >= 0.6 is 0 Å². The summed E-state index contributed by atoms with van der Waals surface area (Å²) in [5, 5.41) is 0. The van der Waals surface area contributed by atoms with Gasteiger partial charge in [-0.3, -0.25) is 0 Å². The predicted octanol–water partition coefficient (Wildman–Crippen LogP) is 4.58. The second-order valence-electron chi connectivity index (χ2n) is 4.64. The van der Waals surface area contributed by atoms with E-state index in [1.165, 1.54) is 30.3 Å². The Kier molecular flexibility index (Phi) is 3.70. The van der Waals surface area contributed by atoms with Crippen LogP contribution in [0.4, 0.5) is 23.2 Å². The van der Waals surface area contributed by atoms with Gasteiger partial charge in [-0.15, -0.1) is 0 Å². The first-order valence-electron chi connectivity index (χ1n) is 5.93. The summed E-state index contributed by atoms with van der Waals surface area (Å²) in [7, 11) is 3.41. The number of rotatable bonds is 2. The van der Waals surface area contributed by atoms with Crippen molar-refractivity contribution in [2.24, 2.45) is 0 Å². The van der Waals surface area contributed by atoms with E-state index in [-0.39, 0.29) is 11.1 Å². The number of hydrogen-bond acceptors (Lipinski definition) is 1. The summed E-state index contributed by atoms with van der Waals surface area (Å²) < 4.78 is 52.6. The van der Waals surface area contributed by atoms with Crippen molar-refractivity contribution >= 4 is 5.69 Å². The summed E-state index contributed by atoms with van der Waals surface area (Å²) >= 11 is 0. The third-order valence-corrected chi connectivity index (χ3v) is 2.94. The molecule has 20 heavy (non-hydrogen) atoms. The maximum atomic E-state index is 13.6. The first-order chi connectivity index (χ1) is 9.29. The van der Waals surface area contributed by atoms with Crippen molar-refractivity contribution in [2.45, 2.75) is 6.18 Å². The minimum Gasteiger partial charge on any atom is -0.378 e. The van der Waals surface area contributed by atoms with E-state index >= 15 is 0 Å². The van der Waals surface area contributed by atoms with Gasteiger partial charge in [0.05, 0.1) is 5.56 Å². The minimum absolute atomic E-state index is 0.0254. The second kappa shape index (κ2) is 5.15. The topological polar surface area (TPSA) is 3.24 Å². The van der Waals surface area contributed by atoms with Crippen LogP contribution in [-0.2, 0) is 6.18 Å². The molecule has 0 spiro atoms. The lowest BCUT2D eigenvalue weighted by molar-refractivity contribution is -0.137. The molecule has 0 heterocycles. The Bertz CT molecular complexity index is 618. The van der Waals surface area contributed by atoms with Crippen LogP contribution < -0.4 is 4.90 Å². The van der Waals surface area contributed by atoms with Gasteiger partial charge in [0.2, 0.25) is 0 Å². The monoisotopic (exact) mass is 283 g/mol. The van der Waals surface area contributed by atoms with E-state index in [0.717, 1.165) is 12.1 Å². The molecule has 0 bridgehead atoms. The fraction of sp³-hybridized carbons (Fsp3) is 0.200. The molecule has 0 aromatic heterocycles. The minimum atomic E-state index is -4.47. The Balaban J connectivity index is 2.63. The van der Waals surface area contributed by atoms with E-state index in [1.54, 1.807) is 19.0 Å². The molecular formula is C15H13F4N. The summed E-state index contributed by atoms with van der Waals surface area (Å²) in [6, 6.07) is 9.08. The van der Waals surface area contributed by atoms with Crippen molar-refractivity contribution in [1.29, 1.82) is 0 Å². The summed E-state index contributed by atoms with van der Waals surface area (Å²) in [5.74, 6) is -0.567. The molecule has 0 aliphatic rings. The molecule has 0 unspecified atom stereocenters. The van der Waals surface area contributed by atoms with E-state index in [9.17, 15) is 17.6 Å². The fourth-order valence-corrected chi connectivity index (χ4v) is 1.97. The number of benzene rings is 2. The highest BCUT2D eigenvalue weighted by atomic mass is 19.4. The Labute approximate surface area is 114 Å². The van der Waals surface area contributed by atoms with Crippen LogP contribution in [0.15, 0.2) is 42.5 Å². The highest BCUT2D eigenvalue weighted by molar-refractivity contribution is 5.72. The highest BCUT2D eigenvalue weighted by Gasteiger charge is 2.33. The molecule has 0 aliphatic carbocycles. The molecule has 0 aliphatic heterocycles. The molecular weight excluding hydrogens is 270 g/mol. The molecule has 1 nitrogen and oxygen atoms in total. The predicted molar refractivity (Wildman–Crippen MR) is 71.2 cm³/mol. The SMILES string of the molecule is CN(C)c1cc(F)cc(-c2ccccc2C(F)(F)F)c1. The van der Waals surface area contributed by atoms with Crippen molar-refractivity contribution in [3.63, 3.8) is 0 Å². The summed E-state index contributed by atoms with van der Waals surface area (Å²) in [6.07, 6.45) is -4.47. The lowest BCUT2D eigenvalue weighted by Crippen LogP contribution is -2.10. The van der Waals surface area contributed by atoms with Crippen molar-refractivity contribution in [2.75, 3.05) is 19.0 Å². The molecule has 0 N–H and O–H groups in total. The normalized spacial score (nSPS) is 11.5. The number of nitrogens with zero attached hydrogens (tertiary/aromatic N) is 1. The Morgan fingerprint density at radius 3 is 2.20 bits per heavy atom. The van der Waals surface area contributed by atoms with Crippen LogP contribution in [0, 0.1) is 5.82 Å². The lowest BCUT2D eigenvalue weighted by atomic mass is 9.98. The van der Waals surface area contributed by atoms with Crippen LogP contribution in [0.5, 0.6) is 0 Å². The van der Waals surface area contributed by atoms with Crippen LogP contribution in [-0.4, -0.2) is 14.1 Å². The molecule has 2 aromatic rings. The molecule has 0 saturated heterocycles. The van der Waals surface area contributed by atoms with Crippen molar-refractivity contribution < 1.29 is 17.6 Å². The average Bonchev–Trinajstić information content (AvgIpc) is 2.37. The molecule has 5 heteroatoms. The standard InChI is InChI=1S/C15H13F4N/c1-20(2)12-8-10(7-11(16)9-12)13-5-3-4-6-14(13)15(17,18)19/h3-9H,1-2H3. The van der Waals surface area contributed by atoms with Gasteiger partial charge >= 0.3 is 6.18 Å². The van der Waals surface area contributed by atoms with Crippen molar-refractivity contribution in [3.05, 3.63) is 53.8 Å². The van der Waals surface area contributed by atoms with Crippen LogP contribution in [0.2, 0.25) is 0 Å². The highest BCUT2D eigenvalue weighted by Crippen LogP contribution is 2.37. The summed E-state index contributed by atoms with van der Waals surface area (Å²) in [5.41, 5.74) is -0.0727. The Morgan fingerprint density at radius 2 is 1.60 bits per heavy atom. The summed E-state index contributed by atoms with van der Waals surface area (Å²) in [6.45, 7) is 0. The first-order valence-corrected chi connectivity index (χ1v) is 5.93. The maximum Gasteiger partial charge on any atom is 0.417 e. The Hall–Kier alpha value is -2.04. The maximum absolute atomic E-state index is 13.6. The largest absolute Gasteiger partial charge is 0.417 e. The van der Waals surface area contributed by atoms with Gasteiger partial charge in [0.1, 0.15) is 5.82 Å². The van der Waals surface area contributed by atoms with Gasteiger partial charge in [-0.25, -0.2) is 4.39 Å².